The van der Waals surface area contributed by atoms with Gasteiger partial charge in [0.25, 0.3) is 0 Å². The summed E-state index contributed by atoms with van der Waals surface area (Å²) in [6.07, 6.45) is 7.60. The monoisotopic (exact) mass is 498 g/mol. The molecule has 1 aliphatic heterocycles. The first-order chi connectivity index (χ1) is 18.0. The third-order valence-corrected chi connectivity index (χ3v) is 6.26. The van der Waals surface area contributed by atoms with Crippen molar-refractivity contribution in [1.82, 2.24) is 19.9 Å². The van der Waals surface area contributed by atoms with Crippen molar-refractivity contribution in [3.05, 3.63) is 79.5 Å². The highest BCUT2D eigenvalue weighted by molar-refractivity contribution is 6.00. The molecule has 0 bridgehead atoms. The molecule has 0 aliphatic carbocycles. The Bertz CT molecular complexity index is 1450. The minimum atomic E-state index is -0.418. The van der Waals surface area contributed by atoms with Crippen molar-refractivity contribution in [3.63, 3.8) is 0 Å². The Hall–Kier alpha value is -4.37. The number of aromatic nitrogens is 3. The Kier molecular flexibility index (Phi) is 7.04. The number of pyridine rings is 1. The van der Waals surface area contributed by atoms with Crippen LogP contribution in [0.1, 0.15) is 12.8 Å². The normalized spacial score (nSPS) is 14.3. The topological polar surface area (TPSA) is 92.3 Å². The van der Waals surface area contributed by atoms with Crippen LogP contribution in [-0.4, -0.2) is 52.0 Å². The maximum atomic E-state index is 13.8. The SMILES string of the molecule is C=CC(=O)Nc1cc(Nc2ncc3cccc(-c4cncc(F)c4)c3n2)ccc1OC1CCN(C)CC1. The minimum absolute atomic E-state index is 0.0777. The first-order valence-corrected chi connectivity index (χ1v) is 12.0. The standard InChI is InChI=1S/C28H27FN6O2/c1-3-26(36)33-24-14-21(7-8-25(24)37-22-9-11-35(2)12-10-22)32-28-31-16-18-5-4-6-23(27(18)34-28)19-13-20(29)17-30-15-19/h3-8,13-17,22H,1,9-12H2,2H3,(H,33,36)(H,31,32,34). The molecule has 1 saturated heterocycles. The van der Waals surface area contributed by atoms with Gasteiger partial charge in [-0.3, -0.25) is 9.78 Å². The average molecular weight is 499 g/mol. The molecular formula is C28H27FN6O2. The molecule has 0 spiro atoms. The summed E-state index contributed by atoms with van der Waals surface area (Å²) in [5.41, 5.74) is 3.23. The lowest BCUT2D eigenvalue weighted by Crippen LogP contribution is -2.35. The molecule has 4 aromatic rings. The van der Waals surface area contributed by atoms with Gasteiger partial charge in [-0.1, -0.05) is 24.8 Å². The molecule has 37 heavy (non-hydrogen) atoms. The summed E-state index contributed by atoms with van der Waals surface area (Å²) in [7, 11) is 2.10. The Morgan fingerprint density at radius 2 is 2.00 bits per heavy atom. The molecule has 5 rings (SSSR count). The van der Waals surface area contributed by atoms with E-state index in [4.69, 9.17) is 9.72 Å². The first-order valence-electron chi connectivity index (χ1n) is 12.0. The predicted octanol–water partition coefficient (Wildman–Crippen LogP) is 5.17. The Morgan fingerprint density at radius 3 is 2.78 bits per heavy atom. The van der Waals surface area contributed by atoms with E-state index < -0.39 is 5.82 Å². The molecule has 8 nitrogen and oxygen atoms in total. The van der Waals surface area contributed by atoms with E-state index in [1.165, 1.54) is 18.3 Å². The van der Waals surface area contributed by atoms with Crippen LogP contribution in [0.15, 0.2) is 73.7 Å². The molecule has 2 aromatic carbocycles. The van der Waals surface area contributed by atoms with Gasteiger partial charge in [0.15, 0.2) is 0 Å². The van der Waals surface area contributed by atoms with Gasteiger partial charge >= 0.3 is 0 Å². The molecule has 2 aromatic heterocycles. The first kappa shape index (κ1) is 24.3. The largest absolute Gasteiger partial charge is 0.488 e. The second-order valence-electron chi connectivity index (χ2n) is 8.98. The lowest BCUT2D eigenvalue weighted by atomic mass is 10.0. The molecule has 0 unspecified atom stereocenters. The van der Waals surface area contributed by atoms with E-state index in [0.717, 1.165) is 36.9 Å². The molecule has 1 fully saturated rings. The number of halogens is 1. The number of amides is 1. The van der Waals surface area contributed by atoms with E-state index in [-0.39, 0.29) is 12.0 Å². The van der Waals surface area contributed by atoms with Crippen LogP contribution in [-0.2, 0) is 4.79 Å². The van der Waals surface area contributed by atoms with Gasteiger partial charge in [-0.25, -0.2) is 14.4 Å². The van der Waals surface area contributed by atoms with Gasteiger partial charge in [-0.15, -0.1) is 0 Å². The number of rotatable bonds is 7. The van der Waals surface area contributed by atoms with Crippen molar-refractivity contribution in [1.29, 1.82) is 0 Å². The lowest BCUT2D eigenvalue weighted by molar-refractivity contribution is -0.111. The quantitative estimate of drug-likeness (QED) is 0.340. The maximum absolute atomic E-state index is 13.8. The number of likely N-dealkylation sites (tertiary alicyclic amines) is 1. The van der Waals surface area contributed by atoms with Gasteiger partial charge < -0.3 is 20.3 Å². The highest BCUT2D eigenvalue weighted by Crippen LogP contribution is 2.32. The molecule has 3 heterocycles. The van der Waals surface area contributed by atoms with Crippen molar-refractivity contribution in [2.75, 3.05) is 30.8 Å². The molecule has 9 heteroatoms. The summed E-state index contributed by atoms with van der Waals surface area (Å²) >= 11 is 0. The van der Waals surface area contributed by atoms with E-state index in [1.807, 2.05) is 30.3 Å². The smallest absolute Gasteiger partial charge is 0.247 e. The number of carbonyl (C=O) groups excluding carboxylic acids is 1. The second-order valence-corrected chi connectivity index (χ2v) is 8.98. The van der Waals surface area contributed by atoms with E-state index in [2.05, 4.69) is 39.1 Å². The second kappa shape index (κ2) is 10.7. The number of hydrogen-bond acceptors (Lipinski definition) is 7. The molecule has 188 valence electrons. The number of benzene rings is 2. The van der Waals surface area contributed by atoms with Crippen molar-refractivity contribution in [2.45, 2.75) is 18.9 Å². The molecule has 0 atom stereocenters. The third kappa shape index (κ3) is 5.73. The van der Waals surface area contributed by atoms with E-state index in [9.17, 15) is 9.18 Å². The number of carbonyl (C=O) groups is 1. The molecular weight excluding hydrogens is 471 g/mol. The zero-order valence-electron chi connectivity index (χ0n) is 20.4. The summed E-state index contributed by atoms with van der Waals surface area (Å²) in [6, 6.07) is 12.5. The fourth-order valence-corrected chi connectivity index (χ4v) is 4.31. The van der Waals surface area contributed by atoms with Crippen LogP contribution in [0.25, 0.3) is 22.0 Å². The van der Waals surface area contributed by atoms with Gasteiger partial charge in [-0.05, 0) is 50.2 Å². The summed E-state index contributed by atoms with van der Waals surface area (Å²) in [5.74, 6) is 0.198. The number of anilines is 3. The highest BCUT2D eigenvalue weighted by atomic mass is 19.1. The van der Waals surface area contributed by atoms with Crippen LogP contribution in [0.3, 0.4) is 0 Å². The molecule has 2 N–H and O–H groups in total. The van der Waals surface area contributed by atoms with Gasteiger partial charge in [0.1, 0.15) is 17.7 Å². The Balaban J connectivity index is 1.43. The zero-order valence-corrected chi connectivity index (χ0v) is 20.4. The molecule has 0 radical (unpaired) electrons. The van der Waals surface area contributed by atoms with Crippen LogP contribution in [0, 0.1) is 5.82 Å². The van der Waals surface area contributed by atoms with E-state index in [1.54, 1.807) is 18.5 Å². The van der Waals surface area contributed by atoms with E-state index in [0.29, 0.717) is 34.2 Å². The fraction of sp³-hybridized carbons (Fsp3) is 0.214. The predicted molar refractivity (Wildman–Crippen MR) is 142 cm³/mol. The summed E-state index contributed by atoms with van der Waals surface area (Å²) in [5, 5.41) is 6.85. The van der Waals surface area contributed by atoms with E-state index >= 15 is 0 Å². The van der Waals surface area contributed by atoms with Crippen molar-refractivity contribution in [3.8, 4) is 16.9 Å². The zero-order chi connectivity index (χ0) is 25.8. The van der Waals surface area contributed by atoms with Crippen LogP contribution in [0.4, 0.5) is 21.7 Å². The van der Waals surface area contributed by atoms with Crippen LogP contribution in [0.5, 0.6) is 5.75 Å². The summed E-state index contributed by atoms with van der Waals surface area (Å²) < 4.78 is 20.1. The van der Waals surface area contributed by atoms with Crippen molar-refractivity contribution in [2.24, 2.45) is 0 Å². The van der Waals surface area contributed by atoms with Gasteiger partial charge in [-0.2, -0.15) is 0 Å². The van der Waals surface area contributed by atoms with Gasteiger partial charge in [0.05, 0.1) is 17.4 Å². The molecule has 1 amide bonds. The number of fused-ring (bicyclic) bond motifs is 1. The fourth-order valence-electron chi connectivity index (χ4n) is 4.31. The van der Waals surface area contributed by atoms with Crippen LogP contribution in [0.2, 0.25) is 0 Å². The number of nitrogens with zero attached hydrogens (tertiary/aromatic N) is 4. The van der Waals surface area contributed by atoms with Crippen molar-refractivity contribution < 1.29 is 13.9 Å². The Morgan fingerprint density at radius 1 is 1.16 bits per heavy atom. The van der Waals surface area contributed by atoms with Gasteiger partial charge in [0.2, 0.25) is 11.9 Å². The van der Waals surface area contributed by atoms with Crippen LogP contribution >= 0.6 is 0 Å². The average Bonchev–Trinajstić information content (AvgIpc) is 2.91. The summed E-state index contributed by atoms with van der Waals surface area (Å²) in [4.78, 5) is 27.5. The minimum Gasteiger partial charge on any atom is -0.488 e. The number of ether oxygens (including phenoxy) is 1. The maximum Gasteiger partial charge on any atom is 0.247 e. The number of para-hydroxylation sites is 1. The van der Waals surface area contributed by atoms with Crippen molar-refractivity contribution >= 4 is 34.1 Å². The number of hydrogen-bond donors (Lipinski definition) is 2. The Labute approximate surface area is 214 Å². The highest BCUT2D eigenvalue weighted by Gasteiger charge is 2.20. The van der Waals surface area contributed by atoms with Crippen LogP contribution < -0.4 is 15.4 Å². The third-order valence-electron chi connectivity index (χ3n) is 6.26. The molecule has 0 saturated carbocycles. The summed E-state index contributed by atoms with van der Waals surface area (Å²) in [6.45, 7) is 5.47. The number of piperidine rings is 1. The lowest BCUT2D eigenvalue weighted by Gasteiger charge is -2.30. The molecule has 1 aliphatic rings. The van der Waals surface area contributed by atoms with Gasteiger partial charge in [0, 0.05) is 47.7 Å². The number of nitrogens with one attached hydrogen (secondary N) is 2.